The van der Waals surface area contributed by atoms with Crippen LogP contribution in [0.1, 0.15) is 5.56 Å². The van der Waals surface area contributed by atoms with Crippen LogP contribution in [0.5, 0.6) is 0 Å². The van der Waals surface area contributed by atoms with Crippen LogP contribution in [0.25, 0.3) is 0 Å². The molecule has 1 heterocycles. The molecule has 0 aliphatic rings. The Hall–Kier alpha value is -0.270. The molecule has 2 N–H and O–H groups in total. The Morgan fingerprint density at radius 3 is 2.73 bits per heavy atom. The highest BCUT2D eigenvalue weighted by Gasteiger charge is 2.27. The largest absolute Gasteiger partial charge is 0.332 e. The Bertz CT molecular complexity index is 377. The molecule has 0 fully saturated rings. The van der Waals surface area contributed by atoms with Gasteiger partial charge in [-0.2, -0.15) is 0 Å². The summed E-state index contributed by atoms with van der Waals surface area (Å²) in [7, 11) is -1.81. The minimum Gasteiger partial charge on any atom is -0.324 e. The maximum atomic E-state index is 11.1. The van der Waals surface area contributed by atoms with Crippen LogP contribution in [0.4, 0.5) is 0 Å². The van der Waals surface area contributed by atoms with E-state index in [1.807, 2.05) is 42.8 Å². The lowest BCUT2D eigenvalue weighted by Gasteiger charge is -2.15. The molecule has 0 radical (unpaired) electrons. The number of pyridine rings is 1. The fourth-order valence-electron chi connectivity index (χ4n) is 1.38. The number of hydrogen-bond acceptors (Lipinski definition) is 1. The molecule has 2 unspecified atom stereocenters. The smallest absolute Gasteiger partial charge is 0.324 e. The van der Waals surface area contributed by atoms with Gasteiger partial charge in [-0.1, -0.05) is 0 Å². The Labute approximate surface area is 91.3 Å². The summed E-state index contributed by atoms with van der Waals surface area (Å²) in [5, 5.41) is -0.542. The summed E-state index contributed by atoms with van der Waals surface area (Å²) in [4.78, 5) is 18.2. The summed E-state index contributed by atoms with van der Waals surface area (Å²) < 4.78 is 13.0. The highest BCUT2D eigenvalue weighted by atomic mass is 31.2. The fourth-order valence-corrected chi connectivity index (χ4v) is 3.62. The average molecular weight is 248 g/mol. The molecule has 0 amide bonds. The molecule has 84 valence electrons. The molecule has 2 atom stereocenters. The van der Waals surface area contributed by atoms with E-state index in [0.29, 0.717) is 6.42 Å². The third-order valence-corrected chi connectivity index (χ3v) is 5.82. The highest BCUT2D eigenvalue weighted by Crippen LogP contribution is 2.50. The van der Waals surface area contributed by atoms with Crippen molar-refractivity contribution in [2.45, 2.75) is 11.8 Å². The molecule has 0 saturated heterocycles. The summed E-state index contributed by atoms with van der Waals surface area (Å²) >= 11 is 0. The van der Waals surface area contributed by atoms with E-state index in [1.165, 1.54) is 0 Å². The standard InChI is InChI=1S/C9H15NO3P2/c1-10-5-3-4-8(7-10)6-9(14-2)15(11,12)13/h3-5,7,9,14H,6H2,1-2H3,(H-,11,12,13)/p+1. The van der Waals surface area contributed by atoms with Crippen molar-refractivity contribution in [1.82, 2.24) is 0 Å². The van der Waals surface area contributed by atoms with Gasteiger partial charge in [0.1, 0.15) is 7.05 Å². The first kappa shape index (κ1) is 12.8. The van der Waals surface area contributed by atoms with Gasteiger partial charge in [0.25, 0.3) is 0 Å². The number of rotatable bonds is 4. The second kappa shape index (κ2) is 5.18. The molecule has 1 aromatic heterocycles. The fraction of sp³-hybridized carbons (Fsp3) is 0.444. The van der Waals surface area contributed by atoms with Gasteiger partial charge in [-0.25, -0.2) is 4.57 Å². The van der Waals surface area contributed by atoms with Gasteiger partial charge in [0, 0.05) is 11.6 Å². The van der Waals surface area contributed by atoms with E-state index in [2.05, 4.69) is 0 Å². The average Bonchev–Trinajstić information content (AvgIpc) is 2.12. The van der Waals surface area contributed by atoms with Gasteiger partial charge in [-0.15, -0.1) is 8.58 Å². The molecule has 0 aromatic carbocycles. The van der Waals surface area contributed by atoms with Crippen LogP contribution >= 0.6 is 16.2 Å². The van der Waals surface area contributed by atoms with Crippen molar-refractivity contribution < 1.29 is 18.9 Å². The third kappa shape index (κ3) is 4.00. The third-order valence-electron chi connectivity index (χ3n) is 2.17. The van der Waals surface area contributed by atoms with Crippen molar-refractivity contribution in [2.75, 3.05) is 6.66 Å². The van der Waals surface area contributed by atoms with Gasteiger partial charge in [0.2, 0.25) is 0 Å². The van der Waals surface area contributed by atoms with E-state index < -0.39 is 13.0 Å². The summed E-state index contributed by atoms with van der Waals surface area (Å²) in [6.45, 7) is 1.83. The minimum atomic E-state index is -3.95. The first-order valence-electron chi connectivity index (χ1n) is 4.60. The molecule has 6 heteroatoms. The molecule has 1 aromatic rings. The molecule has 0 aliphatic carbocycles. The first-order chi connectivity index (χ1) is 6.93. The van der Waals surface area contributed by atoms with E-state index in [0.717, 1.165) is 5.56 Å². The Balaban J connectivity index is 2.80. The number of aryl methyl sites for hydroxylation is 1. The topological polar surface area (TPSA) is 61.4 Å². The van der Waals surface area contributed by atoms with Crippen molar-refractivity contribution in [1.29, 1.82) is 0 Å². The van der Waals surface area contributed by atoms with E-state index in [4.69, 9.17) is 9.79 Å². The molecular formula is C9H16NO3P2+. The predicted octanol–water partition coefficient (Wildman–Crippen LogP) is 0.866. The maximum absolute atomic E-state index is 11.1. The molecule has 1 rings (SSSR count). The second-order valence-electron chi connectivity index (χ2n) is 3.48. The first-order valence-corrected chi connectivity index (χ1v) is 7.86. The lowest BCUT2D eigenvalue weighted by atomic mass is 10.2. The molecule has 0 saturated carbocycles. The monoisotopic (exact) mass is 248 g/mol. The number of nitrogens with zero attached hydrogens (tertiary/aromatic N) is 1. The van der Waals surface area contributed by atoms with Crippen molar-refractivity contribution in [3.63, 3.8) is 0 Å². The lowest BCUT2D eigenvalue weighted by Crippen LogP contribution is -2.27. The summed E-state index contributed by atoms with van der Waals surface area (Å²) in [6.07, 6.45) is 4.22. The summed E-state index contributed by atoms with van der Waals surface area (Å²) in [5.74, 6) is 0. The Morgan fingerprint density at radius 1 is 1.60 bits per heavy atom. The SMILES string of the molecule is CPC(Cc1ccc[n+](C)c1)P(=O)(O)O. The van der Waals surface area contributed by atoms with E-state index in [9.17, 15) is 4.57 Å². The second-order valence-corrected chi connectivity index (χ2v) is 7.04. The quantitative estimate of drug-likeness (QED) is 0.613. The van der Waals surface area contributed by atoms with E-state index >= 15 is 0 Å². The van der Waals surface area contributed by atoms with Crippen molar-refractivity contribution in [3.05, 3.63) is 30.1 Å². The normalized spacial score (nSPS) is 14.7. The van der Waals surface area contributed by atoms with Gasteiger partial charge in [0.05, 0.1) is 5.40 Å². The maximum Gasteiger partial charge on any atom is 0.332 e. The van der Waals surface area contributed by atoms with E-state index in [-0.39, 0.29) is 8.58 Å². The Kier molecular flexibility index (Phi) is 4.42. The van der Waals surface area contributed by atoms with Crippen LogP contribution in [-0.2, 0) is 18.0 Å². The van der Waals surface area contributed by atoms with Crippen molar-refractivity contribution >= 4 is 16.2 Å². The summed E-state index contributed by atoms with van der Waals surface area (Å²) in [6, 6.07) is 3.77. The number of hydrogen-bond donors (Lipinski definition) is 2. The van der Waals surface area contributed by atoms with Crippen LogP contribution in [0.3, 0.4) is 0 Å². The number of aromatic nitrogens is 1. The van der Waals surface area contributed by atoms with E-state index in [1.54, 1.807) is 0 Å². The van der Waals surface area contributed by atoms with Gasteiger partial charge in [-0.3, -0.25) is 4.57 Å². The lowest BCUT2D eigenvalue weighted by molar-refractivity contribution is -0.671. The van der Waals surface area contributed by atoms with Crippen LogP contribution in [-0.4, -0.2) is 21.9 Å². The molecule has 0 spiro atoms. The van der Waals surface area contributed by atoms with Gasteiger partial charge < -0.3 is 9.79 Å². The highest BCUT2D eigenvalue weighted by molar-refractivity contribution is 7.65. The molecular weight excluding hydrogens is 232 g/mol. The zero-order valence-corrected chi connectivity index (χ0v) is 10.7. The molecule has 15 heavy (non-hydrogen) atoms. The van der Waals surface area contributed by atoms with Gasteiger partial charge >= 0.3 is 7.60 Å². The zero-order valence-electron chi connectivity index (χ0n) is 8.79. The Morgan fingerprint density at radius 2 is 2.27 bits per heavy atom. The predicted molar refractivity (Wildman–Crippen MR) is 61.4 cm³/mol. The van der Waals surface area contributed by atoms with Crippen molar-refractivity contribution in [3.8, 4) is 0 Å². The van der Waals surface area contributed by atoms with Gasteiger partial charge in [0.15, 0.2) is 12.4 Å². The van der Waals surface area contributed by atoms with Crippen LogP contribution in [0, 0.1) is 0 Å². The molecule has 4 nitrogen and oxygen atoms in total. The molecule has 0 bridgehead atoms. The zero-order chi connectivity index (χ0) is 11.5. The van der Waals surface area contributed by atoms with Crippen LogP contribution in [0.2, 0.25) is 0 Å². The van der Waals surface area contributed by atoms with Crippen molar-refractivity contribution in [2.24, 2.45) is 7.05 Å². The summed E-state index contributed by atoms with van der Waals surface area (Å²) in [5.41, 5.74) is 0.961. The van der Waals surface area contributed by atoms with Crippen LogP contribution < -0.4 is 4.57 Å². The van der Waals surface area contributed by atoms with Crippen LogP contribution in [0.15, 0.2) is 24.5 Å². The molecule has 0 aliphatic heterocycles. The van der Waals surface area contributed by atoms with Gasteiger partial charge in [-0.05, 0) is 19.2 Å². The minimum absolute atomic E-state index is 0.250.